The number of hydrogen-bond acceptors (Lipinski definition) is 3. The second kappa shape index (κ2) is 9.30. The molecule has 7 heteroatoms. The van der Waals surface area contributed by atoms with E-state index in [1.807, 2.05) is 36.4 Å². The van der Waals surface area contributed by atoms with E-state index in [9.17, 15) is 9.59 Å². The number of urea groups is 1. The van der Waals surface area contributed by atoms with Crippen molar-refractivity contribution in [2.24, 2.45) is 5.73 Å². The number of carbonyl (C=O) groups is 2. The number of thioether (sulfide) groups is 1. The molecular weight excluding hydrogens is 394 g/mol. The molecule has 0 fully saturated rings. The van der Waals surface area contributed by atoms with Gasteiger partial charge in [0.25, 0.3) is 5.91 Å². The average molecular weight is 412 g/mol. The molecule has 3 aromatic rings. The van der Waals surface area contributed by atoms with E-state index in [0.717, 1.165) is 21.2 Å². The van der Waals surface area contributed by atoms with Gasteiger partial charge in [0.1, 0.15) is 0 Å². The molecule has 0 aromatic heterocycles. The maximum Gasteiger partial charge on any atom is 0.316 e. The third-order valence-corrected chi connectivity index (χ3v) is 5.18. The van der Waals surface area contributed by atoms with Gasteiger partial charge in [-0.3, -0.25) is 4.79 Å². The molecule has 142 valence electrons. The lowest BCUT2D eigenvalue weighted by molar-refractivity contribution is 0.102. The molecule has 0 unspecified atom stereocenters. The summed E-state index contributed by atoms with van der Waals surface area (Å²) in [5.41, 5.74) is 7.95. The van der Waals surface area contributed by atoms with E-state index in [0.29, 0.717) is 16.9 Å². The van der Waals surface area contributed by atoms with Gasteiger partial charge in [0, 0.05) is 32.6 Å². The third kappa shape index (κ3) is 5.77. The monoisotopic (exact) mass is 411 g/mol. The van der Waals surface area contributed by atoms with Gasteiger partial charge < -0.3 is 16.4 Å². The number of anilines is 2. The molecule has 0 aliphatic rings. The topological polar surface area (TPSA) is 84.2 Å². The molecule has 4 N–H and O–H groups in total. The number of hydrogen-bond donors (Lipinski definition) is 3. The quantitative estimate of drug-likeness (QED) is 0.476. The summed E-state index contributed by atoms with van der Waals surface area (Å²) >= 11 is 7.60. The van der Waals surface area contributed by atoms with Crippen molar-refractivity contribution in [1.29, 1.82) is 0 Å². The standard InChI is InChI=1S/C21H18ClN3O2S/c22-16-5-11-19(12-6-16)28-13-14-1-3-15(4-2-14)20(26)24-17-7-9-18(10-8-17)25-21(23)27/h1-12H,13H2,(H,24,26)(H3,23,25,27). The molecule has 0 aliphatic heterocycles. The van der Waals surface area contributed by atoms with E-state index >= 15 is 0 Å². The average Bonchev–Trinajstić information content (AvgIpc) is 2.69. The summed E-state index contributed by atoms with van der Waals surface area (Å²) in [4.78, 5) is 24.3. The normalized spacial score (nSPS) is 10.3. The first kappa shape index (κ1) is 19.8. The Balaban J connectivity index is 1.55. The van der Waals surface area contributed by atoms with E-state index in [-0.39, 0.29) is 5.91 Å². The van der Waals surface area contributed by atoms with E-state index in [4.69, 9.17) is 17.3 Å². The number of nitrogens with one attached hydrogen (secondary N) is 2. The lowest BCUT2D eigenvalue weighted by atomic mass is 10.1. The molecule has 0 aliphatic carbocycles. The molecule has 3 aromatic carbocycles. The van der Waals surface area contributed by atoms with Crippen molar-refractivity contribution in [3.63, 3.8) is 0 Å². The molecule has 0 saturated heterocycles. The summed E-state index contributed by atoms with van der Waals surface area (Å²) < 4.78 is 0. The van der Waals surface area contributed by atoms with Gasteiger partial charge >= 0.3 is 6.03 Å². The van der Waals surface area contributed by atoms with Gasteiger partial charge in [-0.1, -0.05) is 23.7 Å². The summed E-state index contributed by atoms with van der Waals surface area (Å²) in [6.45, 7) is 0. The first-order chi connectivity index (χ1) is 13.5. The van der Waals surface area contributed by atoms with E-state index < -0.39 is 6.03 Å². The van der Waals surface area contributed by atoms with Crippen molar-refractivity contribution in [1.82, 2.24) is 0 Å². The van der Waals surface area contributed by atoms with Gasteiger partial charge in [0.2, 0.25) is 0 Å². The molecule has 28 heavy (non-hydrogen) atoms. The van der Waals surface area contributed by atoms with Crippen LogP contribution in [-0.4, -0.2) is 11.9 Å². The number of nitrogens with two attached hydrogens (primary N) is 1. The third-order valence-electron chi connectivity index (χ3n) is 3.85. The maximum absolute atomic E-state index is 12.4. The minimum atomic E-state index is -0.633. The van der Waals surface area contributed by atoms with Crippen molar-refractivity contribution in [3.05, 3.63) is 88.9 Å². The molecule has 0 saturated carbocycles. The summed E-state index contributed by atoms with van der Waals surface area (Å²) in [6, 6.07) is 21.3. The van der Waals surface area contributed by atoms with Crippen LogP contribution in [0.5, 0.6) is 0 Å². The Kier molecular flexibility index (Phi) is 6.57. The fraction of sp³-hybridized carbons (Fsp3) is 0.0476. The molecule has 0 radical (unpaired) electrons. The predicted molar refractivity (Wildman–Crippen MR) is 115 cm³/mol. The second-order valence-corrected chi connectivity index (χ2v) is 7.45. The van der Waals surface area contributed by atoms with Crippen LogP contribution in [0.3, 0.4) is 0 Å². The summed E-state index contributed by atoms with van der Waals surface area (Å²) in [6.07, 6.45) is 0. The molecule has 3 amide bonds. The van der Waals surface area contributed by atoms with Gasteiger partial charge in [-0.05, 0) is 66.2 Å². The van der Waals surface area contributed by atoms with Gasteiger partial charge in [-0.2, -0.15) is 0 Å². The predicted octanol–water partition coefficient (Wildman–Crippen LogP) is 5.38. The highest BCUT2D eigenvalue weighted by atomic mass is 35.5. The summed E-state index contributed by atoms with van der Waals surface area (Å²) in [5, 5.41) is 6.01. The van der Waals surface area contributed by atoms with E-state index in [2.05, 4.69) is 10.6 Å². The smallest absolute Gasteiger partial charge is 0.316 e. The Hall–Kier alpha value is -2.96. The number of primary amides is 1. The highest BCUT2D eigenvalue weighted by Gasteiger charge is 2.07. The zero-order valence-electron chi connectivity index (χ0n) is 14.8. The molecule has 0 spiro atoms. The molecule has 0 heterocycles. The minimum Gasteiger partial charge on any atom is -0.351 e. The number of benzene rings is 3. The van der Waals surface area contributed by atoms with Crippen LogP contribution in [0.4, 0.5) is 16.2 Å². The zero-order valence-corrected chi connectivity index (χ0v) is 16.4. The van der Waals surface area contributed by atoms with Crippen LogP contribution in [0, 0.1) is 0 Å². The molecular formula is C21H18ClN3O2S. The van der Waals surface area contributed by atoms with Crippen LogP contribution in [0.25, 0.3) is 0 Å². The van der Waals surface area contributed by atoms with Crippen LogP contribution >= 0.6 is 23.4 Å². The molecule has 0 bridgehead atoms. The summed E-state index contributed by atoms with van der Waals surface area (Å²) in [7, 11) is 0. The Morgan fingerprint density at radius 3 is 1.96 bits per heavy atom. The fourth-order valence-electron chi connectivity index (χ4n) is 2.43. The number of carbonyl (C=O) groups excluding carboxylic acids is 2. The first-order valence-electron chi connectivity index (χ1n) is 8.45. The van der Waals surface area contributed by atoms with Crippen LogP contribution < -0.4 is 16.4 Å². The Labute approximate surface area is 172 Å². The second-order valence-electron chi connectivity index (χ2n) is 5.96. The number of amides is 3. The Bertz CT molecular complexity index is 958. The largest absolute Gasteiger partial charge is 0.351 e. The molecule has 0 atom stereocenters. The Morgan fingerprint density at radius 2 is 1.39 bits per heavy atom. The lowest BCUT2D eigenvalue weighted by Gasteiger charge is -2.08. The lowest BCUT2D eigenvalue weighted by Crippen LogP contribution is -2.19. The van der Waals surface area contributed by atoms with Crippen LogP contribution in [-0.2, 0) is 5.75 Å². The van der Waals surface area contributed by atoms with Crippen molar-refractivity contribution < 1.29 is 9.59 Å². The zero-order chi connectivity index (χ0) is 19.9. The van der Waals surface area contributed by atoms with E-state index in [1.54, 1.807) is 48.2 Å². The van der Waals surface area contributed by atoms with Gasteiger partial charge in [0.05, 0.1) is 0 Å². The highest BCUT2D eigenvalue weighted by Crippen LogP contribution is 2.24. The van der Waals surface area contributed by atoms with Crippen LogP contribution in [0.1, 0.15) is 15.9 Å². The SMILES string of the molecule is NC(=O)Nc1ccc(NC(=O)c2ccc(CSc3ccc(Cl)cc3)cc2)cc1. The van der Waals surface area contributed by atoms with Crippen molar-refractivity contribution in [2.45, 2.75) is 10.6 Å². The van der Waals surface area contributed by atoms with Crippen LogP contribution in [0.2, 0.25) is 5.02 Å². The Morgan fingerprint density at radius 1 is 0.821 bits per heavy atom. The van der Waals surface area contributed by atoms with E-state index in [1.165, 1.54) is 0 Å². The van der Waals surface area contributed by atoms with Crippen molar-refractivity contribution in [2.75, 3.05) is 10.6 Å². The molecule has 3 rings (SSSR count). The van der Waals surface area contributed by atoms with Crippen molar-refractivity contribution in [3.8, 4) is 0 Å². The number of halogens is 1. The minimum absolute atomic E-state index is 0.201. The molecule has 5 nitrogen and oxygen atoms in total. The van der Waals surface area contributed by atoms with Gasteiger partial charge in [-0.25, -0.2) is 4.79 Å². The number of rotatable bonds is 6. The summed E-state index contributed by atoms with van der Waals surface area (Å²) in [5.74, 6) is 0.602. The maximum atomic E-state index is 12.4. The van der Waals surface area contributed by atoms with Crippen molar-refractivity contribution >= 4 is 46.7 Å². The van der Waals surface area contributed by atoms with Gasteiger partial charge in [0.15, 0.2) is 0 Å². The fourth-order valence-corrected chi connectivity index (χ4v) is 3.41. The first-order valence-corrected chi connectivity index (χ1v) is 9.81. The highest BCUT2D eigenvalue weighted by molar-refractivity contribution is 7.98. The van der Waals surface area contributed by atoms with Gasteiger partial charge in [-0.15, -0.1) is 11.8 Å². The van der Waals surface area contributed by atoms with Crippen LogP contribution in [0.15, 0.2) is 77.7 Å².